The van der Waals surface area contributed by atoms with Gasteiger partial charge in [0, 0.05) is 24.9 Å². The first-order chi connectivity index (χ1) is 10.9. The molecule has 1 aliphatic rings. The van der Waals surface area contributed by atoms with Gasteiger partial charge in [-0.2, -0.15) is 0 Å². The van der Waals surface area contributed by atoms with Crippen molar-refractivity contribution in [2.75, 3.05) is 26.2 Å². The second-order valence-electron chi connectivity index (χ2n) is 5.87. The number of para-hydroxylation sites is 1. The Hall–Kier alpha value is -1.81. The summed E-state index contributed by atoms with van der Waals surface area (Å²) in [5.74, 6) is 2.70. The van der Waals surface area contributed by atoms with Crippen molar-refractivity contribution in [3.63, 3.8) is 0 Å². The van der Waals surface area contributed by atoms with E-state index in [9.17, 15) is 0 Å². The average molecular weight is 299 g/mol. The molecule has 1 aromatic heterocycles. The number of imidazole rings is 1. The van der Waals surface area contributed by atoms with Gasteiger partial charge in [-0.3, -0.25) is 0 Å². The summed E-state index contributed by atoms with van der Waals surface area (Å²) in [6.45, 7) is 7.26. The average Bonchev–Trinajstić information content (AvgIpc) is 3.04. The lowest BCUT2D eigenvalue weighted by Gasteiger charge is -2.31. The van der Waals surface area contributed by atoms with Crippen LogP contribution in [0.2, 0.25) is 0 Å². The van der Waals surface area contributed by atoms with Gasteiger partial charge >= 0.3 is 0 Å². The molecule has 0 aliphatic carbocycles. The van der Waals surface area contributed by atoms with E-state index in [1.165, 1.54) is 25.2 Å². The topological polar surface area (TPSA) is 30.3 Å². The molecule has 2 heterocycles. The van der Waals surface area contributed by atoms with E-state index in [2.05, 4.69) is 27.6 Å². The molecule has 0 radical (unpaired) electrons. The normalized spacial score (nSPS) is 19.2. The van der Waals surface area contributed by atoms with Crippen LogP contribution in [-0.2, 0) is 6.54 Å². The molecule has 118 valence electrons. The minimum absolute atomic E-state index is 0.556. The van der Waals surface area contributed by atoms with Gasteiger partial charge in [0.2, 0.25) is 0 Å². The molecule has 4 heteroatoms. The molecular formula is C18H25N3O. The third kappa shape index (κ3) is 3.69. The second kappa shape index (κ2) is 7.45. The van der Waals surface area contributed by atoms with Gasteiger partial charge in [-0.15, -0.1) is 0 Å². The van der Waals surface area contributed by atoms with E-state index in [4.69, 9.17) is 4.74 Å². The van der Waals surface area contributed by atoms with E-state index in [1.807, 2.05) is 36.5 Å². The number of likely N-dealkylation sites (N-methyl/N-ethyl adjacent to an activating group) is 1. The standard InChI is InChI=1S/C18H25N3O/c1-2-20-11-6-7-16(15-20)18-19-10-12-21(18)13-14-22-17-8-4-3-5-9-17/h3-5,8-10,12,16H,2,6-7,11,13-15H2,1H3/t16-/m1/s1. The van der Waals surface area contributed by atoms with Crippen molar-refractivity contribution in [3.8, 4) is 5.75 Å². The molecule has 0 unspecified atom stereocenters. The molecule has 1 atom stereocenters. The van der Waals surface area contributed by atoms with Crippen LogP contribution in [0.15, 0.2) is 42.7 Å². The molecule has 4 nitrogen and oxygen atoms in total. The predicted molar refractivity (Wildman–Crippen MR) is 88.3 cm³/mol. The lowest BCUT2D eigenvalue weighted by Crippen LogP contribution is -2.35. The molecule has 0 saturated carbocycles. The van der Waals surface area contributed by atoms with Crippen molar-refractivity contribution in [1.29, 1.82) is 0 Å². The SMILES string of the molecule is CCN1CCC[C@@H](c2nccn2CCOc2ccccc2)C1. The number of aromatic nitrogens is 2. The Balaban J connectivity index is 1.57. The maximum absolute atomic E-state index is 5.80. The predicted octanol–water partition coefficient (Wildman–Crippen LogP) is 3.16. The summed E-state index contributed by atoms with van der Waals surface area (Å²) in [6.07, 6.45) is 6.51. The Morgan fingerprint density at radius 3 is 2.95 bits per heavy atom. The Labute approximate surface area is 132 Å². The van der Waals surface area contributed by atoms with Crippen molar-refractivity contribution in [2.24, 2.45) is 0 Å². The smallest absolute Gasteiger partial charge is 0.119 e. The first-order valence-corrected chi connectivity index (χ1v) is 8.28. The number of likely N-dealkylation sites (tertiary alicyclic amines) is 1. The van der Waals surface area contributed by atoms with E-state index < -0.39 is 0 Å². The lowest BCUT2D eigenvalue weighted by atomic mass is 9.97. The number of ether oxygens (including phenoxy) is 1. The highest BCUT2D eigenvalue weighted by Gasteiger charge is 2.23. The van der Waals surface area contributed by atoms with E-state index in [-0.39, 0.29) is 0 Å². The maximum atomic E-state index is 5.80. The molecule has 0 bridgehead atoms. The second-order valence-corrected chi connectivity index (χ2v) is 5.87. The fourth-order valence-corrected chi connectivity index (χ4v) is 3.20. The van der Waals surface area contributed by atoms with Crippen LogP contribution < -0.4 is 4.74 Å². The van der Waals surface area contributed by atoms with E-state index in [1.54, 1.807) is 0 Å². The molecule has 22 heavy (non-hydrogen) atoms. The highest BCUT2D eigenvalue weighted by Crippen LogP contribution is 2.25. The summed E-state index contributed by atoms with van der Waals surface area (Å²) in [6, 6.07) is 9.99. The largest absolute Gasteiger partial charge is 0.492 e. The van der Waals surface area contributed by atoms with Crippen LogP contribution in [0.25, 0.3) is 0 Å². The molecule has 2 aromatic rings. The van der Waals surface area contributed by atoms with E-state index in [0.717, 1.165) is 25.4 Å². The van der Waals surface area contributed by atoms with Gasteiger partial charge in [-0.25, -0.2) is 4.98 Å². The minimum Gasteiger partial charge on any atom is -0.492 e. The van der Waals surface area contributed by atoms with Crippen molar-refractivity contribution in [3.05, 3.63) is 48.5 Å². The van der Waals surface area contributed by atoms with Crippen molar-refractivity contribution >= 4 is 0 Å². The van der Waals surface area contributed by atoms with Crippen LogP contribution in [0.4, 0.5) is 0 Å². The molecule has 1 fully saturated rings. The van der Waals surface area contributed by atoms with Crippen LogP contribution in [0.5, 0.6) is 5.75 Å². The van der Waals surface area contributed by atoms with Gasteiger partial charge in [0.15, 0.2) is 0 Å². The van der Waals surface area contributed by atoms with Gasteiger partial charge in [0.1, 0.15) is 18.2 Å². The third-order valence-corrected chi connectivity index (χ3v) is 4.41. The Kier molecular flexibility index (Phi) is 5.11. The van der Waals surface area contributed by atoms with Gasteiger partial charge < -0.3 is 14.2 Å². The summed E-state index contributed by atoms with van der Waals surface area (Å²) in [7, 11) is 0. The first kappa shape index (κ1) is 15.1. The number of hydrogen-bond donors (Lipinski definition) is 0. The van der Waals surface area contributed by atoms with Crippen LogP contribution in [0, 0.1) is 0 Å². The minimum atomic E-state index is 0.556. The quantitative estimate of drug-likeness (QED) is 0.821. The number of rotatable bonds is 6. The van der Waals surface area contributed by atoms with Crippen LogP contribution >= 0.6 is 0 Å². The summed E-state index contributed by atoms with van der Waals surface area (Å²) in [4.78, 5) is 7.14. The zero-order chi connectivity index (χ0) is 15.2. The third-order valence-electron chi connectivity index (χ3n) is 4.41. The molecule has 0 spiro atoms. The number of piperidine rings is 1. The van der Waals surface area contributed by atoms with Gasteiger partial charge in [-0.05, 0) is 38.1 Å². The molecule has 1 saturated heterocycles. The summed E-state index contributed by atoms with van der Waals surface area (Å²) < 4.78 is 8.06. The fraction of sp³-hybridized carbons (Fsp3) is 0.500. The van der Waals surface area contributed by atoms with Gasteiger partial charge in [-0.1, -0.05) is 25.1 Å². The van der Waals surface area contributed by atoms with Crippen molar-refractivity contribution in [2.45, 2.75) is 32.2 Å². The highest BCUT2D eigenvalue weighted by atomic mass is 16.5. The van der Waals surface area contributed by atoms with Gasteiger partial charge in [0.25, 0.3) is 0 Å². The first-order valence-electron chi connectivity index (χ1n) is 8.28. The molecular weight excluding hydrogens is 274 g/mol. The lowest BCUT2D eigenvalue weighted by molar-refractivity contribution is 0.210. The van der Waals surface area contributed by atoms with Crippen LogP contribution in [-0.4, -0.2) is 40.7 Å². The molecule has 0 amide bonds. The Morgan fingerprint density at radius 1 is 1.27 bits per heavy atom. The van der Waals surface area contributed by atoms with Crippen LogP contribution in [0.1, 0.15) is 31.5 Å². The van der Waals surface area contributed by atoms with E-state index >= 15 is 0 Å². The Morgan fingerprint density at radius 2 is 2.14 bits per heavy atom. The van der Waals surface area contributed by atoms with Gasteiger partial charge in [0.05, 0.1) is 6.54 Å². The number of hydrogen-bond acceptors (Lipinski definition) is 3. The highest BCUT2D eigenvalue weighted by molar-refractivity contribution is 5.20. The maximum Gasteiger partial charge on any atom is 0.119 e. The molecule has 3 rings (SSSR count). The number of benzene rings is 1. The number of nitrogens with zero attached hydrogens (tertiary/aromatic N) is 3. The fourth-order valence-electron chi connectivity index (χ4n) is 3.20. The molecule has 1 aromatic carbocycles. The molecule has 0 N–H and O–H groups in total. The van der Waals surface area contributed by atoms with Crippen LogP contribution in [0.3, 0.4) is 0 Å². The Bertz CT molecular complexity index is 567. The van der Waals surface area contributed by atoms with Crippen molar-refractivity contribution < 1.29 is 4.74 Å². The molecule has 1 aliphatic heterocycles. The zero-order valence-corrected chi connectivity index (χ0v) is 13.3. The van der Waals surface area contributed by atoms with Crippen molar-refractivity contribution in [1.82, 2.24) is 14.5 Å². The zero-order valence-electron chi connectivity index (χ0n) is 13.3. The summed E-state index contributed by atoms with van der Waals surface area (Å²) >= 11 is 0. The van der Waals surface area contributed by atoms with E-state index in [0.29, 0.717) is 12.5 Å². The summed E-state index contributed by atoms with van der Waals surface area (Å²) in [5.41, 5.74) is 0. The monoisotopic (exact) mass is 299 g/mol. The summed E-state index contributed by atoms with van der Waals surface area (Å²) in [5, 5.41) is 0.